The summed E-state index contributed by atoms with van der Waals surface area (Å²) in [6.45, 7) is 0. The molecule has 13 heavy (non-hydrogen) atoms. The average Bonchev–Trinajstić information content (AvgIpc) is 1.44. The van der Waals surface area contributed by atoms with E-state index in [9.17, 15) is 0 Å². The summed E-state index contributed by atoms with van der Waals surface area (Å²) >= 11 is 0. The molecule has 0 amide bonds. The van der Waals surface area contributed by atoms with Crippen LogP contribution >= 0.6 is 0 Å². The fourth-order valence-corrected chi connectivity index (χ4v) is 6.90. The zero-order valence-electron chi connectivity index (χ0n) is 9.65. The van der Waals surface area contributed by atoms with Crippen LogP contribution in [0.5, 0.6) is 0 Å². The molecule has 7 heteroatoms. The van der Waals surface area contributed by atoms with E-state index in [0.717, 1.165) is 0 Å². The van der Waals surface area contributed by atoms with Gasteiger partial charge in [0.15, 0.2) is 0 Å². The lowest BCUT2D eigenvalue weighted by molar-refractivity contribution is -1.02. The van der Waals surface area contributed by atoms with E-state index in [1.54, 1.807) is 0 Å². The highest BCUT2D eigenvalue weighted by Crippen LogP contribution is 2.09. The Labute approximate surface area is 82.6 Å². The summed E-state index contributed by atoms with van der Waals surface area (Å²) in [7, 11) is 9.99. The van der Waals surface area contributed by atoms with Crippen LogP contribution in [0.3, 0.4) is 0 Å². The van der Waals surface area contributed by atoms with Gasteiger partial charge in [-0.25, -0.2) is 12.8 Å². The second-order valence-corrected chi connectivity index (χ2v) is 9.92. The summed E-state index contributed by atoms with van der Waals surface area (Å²) in [6.07, 6.45) is 0. The minimum absolute atomic E-state index is 0.368. The van der Waals surface area contributed by atoms with Crippen LogP contribution in [-0.2, 0) is 0 Å². The Hall–Kier alpha value is -0.0231. The van der Waals surface area contributed by atoms with Crippen molar-refractivity contribution < 1.29 is 12.8 Å². The monoisotopic (exact) mass is 209 g/mol. The maximum atomic E-state index is 6.06. The first-order valence-electron chi connectivity index (χ1n) is 4.23. The van der Waals surface area contributed by atoms with Crippen molar-refractivity contribution in [1.82, 2.24) is 0 Å². The third-order valence-corrected chi connectivity index (χ3v) is 5.36. The highest BCUT2D eigenvalue weighted by molar-refractivity contribution is 6.33. The van der Waals surface area contributed by atoms with Gasteiger partial charge in [-0.2, -0.15) is 17.5 Å². The Kier molecular flexibility index (Phi) is 3.27. The minimum atomic E-state index is -1.65. The van der Waals surface area contributed by atoms with Gasteiger partial charge in [0.25, 0.3) is 0 Å². The summed E-state index contributed by atoms with van der Waals surface area (Å²) in [5.41, 5.74) is 0. The van der Waals surface area contributed by atoms with E-state index in [0.29, 0.717) is 12.8 Å². The van der Waals surface area contributed by atoms with Gasteiger partial charge in [-0.1, -0.05) is 0 Å². The van der Waals surface area contributed by atoms with Gasteiger partial charge in [0.2, 0.25) is 0 Å². The molecule has 0 aromatic carbocycles. The van der Waals surface area contributed by atoms with Gasteiger partial charge < -0.3 is 0 Å². The maximum absolute atomic E-state index is 6.06. The number of rotatable bonds is 3. The second kappa shape index (κ2) is 3.28. The molecule has 0 saturated carbocycles. The van der Waals surface area contributed by atoms with E-state index in [4.69, 9.17) is 17.5 Å². The molecule has 0 heterocycles. The first-order chi connectivity index (χ1) is 5.37. The van der Waals surface area contributed by atoms with E-state index in [-0.39, 0.29) is 0 Å². The van der Waals surface area contributed by atoms with Crippen LogP contribution in [0.1, 0.15) is 0 Å². The SMILES string of the molecule is C[N+](C)(N)[SiH]([N+](C)(C)N)[N+](C)(C)N. The molecule has 0 aromatic rings. The molecule has 0 unspecified atom stereocenters. The smallest absolute Gasteiger partial charge is 0.213 e. The van der Waals surface area contributed by atoms with Gasteiger partial charge >= 0.3 is 9.28 Å². The summed E-state index contributed by atoms with van der Waals surface area (Å²) < 4.78 is 1.10. The largest absolute Gasteiger partial charge is 0.806 e. The molecular weight excluding hydrogens is 184 g/mol. The molecule has 0 aromatic heterocycles. The predicted octanol–water partition coefficient (Wildman–Crippen LogP) is -2.45. The fraction of sp³-hybridized carbons (Fsp3) is 1.00. The molecule has 0 rings (SSSR count). The predicted molar refractivity (Wildman–Crippen MR) is 56.0 cm³/mol. The molecule has 0 saturated heterocycles. The Bertz CT molecular complexity index is 140. The number of nitrogens with zero attached hydrogens (tertiary/aromatic N) is 3. The quantitative estimate of drug-likeness (QED) is 0.274. The van der Waals surface area contributed by atoms with Gasteiger partial charge in [-0.05, 0) is 0 Å². The number of hydrogen-bond acceptors (Lipinski definition) is 3. The Morgan fingerprint density at radius 3 is 0.769 bits per heavy atom. The van der Waals surface area contributed by atoms with Crippen LogP contribution in [0, 0.1) is 0 Å². The second-order valence-electron chi connectivity index (χ2n) is 5.23. The normalized spacial score (nSPS) is 15.2. The Morgan fingerprint density at radius 2 is 0.769 bits per heavy atom. The summed E-state index contributed by atoms with van der Waals surface area (Å²) in [6, 6.07) is 0. The number of quaternary nitrogens is 3. The lowest BCUT2D eigenvalue weighted by Crippen LogP contribution is -2.85. The molecule has 0 aliphatic heterocycles. The lowest BCUT2D eigenvalue weighted by atomic mass is 11.2. The molecule has 80 valence electrons. The molecule has 0 bridgehead atoms. The standard InChI is InChI=1S/C6H25N6Si/c1-10(2,7)13(11(3,4)8)12(5,6)9/h13H,7-9H2,1-6H3/q+3. The zero-order valence-corrected chi connectivity index (χ0v) is 10.8. The van der Waals surface area contributed by atoms with Gasteiger partial charge in [-0.3, -0.25) is 0 Å². The Morgan fingerprint density at radius 1 is 0.615 bits per heavy atom. The van der Waals surface area contributed by atoms with Crippen molar-refractivity contribution in [3.05, 3.63) is 0 Å². The zero-order chi connectivity index (χ0) is 11.1. The van der Waals surface area contributed by atoms with Gasteiger partial charge in [0, 0.05) is 0 Å². The van der Waals surface area contributed by atoms with Crippen LogP contribution in [0.15, 0.2) is 0 Å². The van der Waals surface area contributed by atoms with E-state index < -0.39 is 9.28 Å². The van der Waals surface area contributed by atoms with Crippen molar-refractivity contribution in [2.45, 2.75) is 0 Å². The highest BCUT2D eigenvalue weighted by atomic mass is 28.3. The minimum Gasteiger partial charge on any atom is -0.213 e. The molecule has 0 radical (unpaired) electrons. The highest BCUT2D eigenvalue weighted by Gasteiger charge is 2.61. The molecule has 0 spiro atoms. The van der Waals surface area contributed by atoms with Gasteiger partial charge in [0.05, 0.1) is 42.3 Å². The van der Waals surface area contributed by atoms with Crippen LogP contribution in [0.25, 0.3) is 0 Å². The lowest BCUT2D eigenvalue weighted by Gasteiger charge is -2.40. The summed E-state index contributed by atoms with van der Waals surface area (Å²) in [5.74, 6) is 18.2. The summed E-state index contributed by atoms with van der Waals surface area (Å²) in [5, 5.41) is 0. The number of hydrogen-bond donors (Lipinski definition) is 3. The topological polar surface area (TPSA) is 78.1 Å². The van der Waals surface area contributed by atoms with Gasteiger partial charge in [-0.15, -0.1) is 0 Å². The molecule has 6 nitrogen and oxygen atoms in total. The van der Waals surface area contributed by atoms with Crippen LogP contribution in [0.4, 0.5) is 0 Å². The van der Waals surface area contributed by atoms with Gasteiger partial charge in [0.1, 0.15) is 0 Å². The van der Waals surface area contributed by atoms with E-state index >= 15 is 0 Å². The Balaban J connectivity index is 5.02. The summed E-state index contributed by atoms with van der Waals surface area (Å²) in [4.78, 5) is 0. The van der Waals surface area contributed by atoms with Crippen molar-refractivity contribution in [3.63, 3.8) is 0 Å². The van der Waals surface area contributed by atoms with Crippen LogP contribution in [0.2, 0.25) is 0 Å². The van der Waals surface area contributed by atoms with E-state index in [1.807, 2.05) is 42.3 Å². The first kappa shape index (κ1) is 13.0. The average molecular weight is 209 g/mol. The van der Waals surface area contributed by atoms with Crippen molar-refractivity contribution in [2.24, 2.45) is 17.5 Å². The molecule has 0 fully saturated rings. The molecule has 0 atom stereocenters. The van der Waals surface area contributed by atoms with Crippen molar-refractivity contribution in [3.8, 4) is 0 Å². The van der Waals surface area contributed by atoms with Crippen LogP contribution < -0.4 is 17.5 Å². The van der Waals surface area contributed by atoms with Crippen molar-refractivity contribution >= 4 is 9.28 Å². The third-order valence-electron chi connectivity index (χ3n) is 1.79. The number of nitrogens with two attached hydrogens (primary N) is 3. The third kappa shape index (κ3) is 3.69. The fourth-order valence-electron chi connectivity index (χ4n) is 2.30. The van der Waals surface area contributed by atoms with Crippen LogP contribution in [-0.4, -0.2) is 64.3 Å². The molecule has 0 aliphatic rings. The van der Waals surface area contributed by atoms with Crippen molar-refractivity contribution in [1.29, 1.82) is 0 Å². The van der Waals surface area contributed by atoms with E-state index in [1.165, 1.54) is 0 Å². The molecular formula is C6H25N6Si+3. The van der Waals surface area contributed by atoms with Crippen molar-refractivity contribution in [2.75, 3.05) is 42.3 Å². The van der Waals surface area contributed by atoms with E-state index in [2.05, 4.69) is 0 Å². The first-order valence-corrected chi connectivity index (χ1v) is 5.78. The maximum Gasteiger partial charge on any atom is 0.806 e. The molecule has 6 N–H and O–H groups in total. The molecule has 0 aliphatic carbocycles.